The van der Waals surface area contributed by atoms with Gasteiger partial charge in [-0.1, -0.05) is 19.0 Å². The molecule has 0 aromatic carbocycles. The van der Waals surface area contributed by atoms with Gasteiger partial charge in [-0.3, -0.25) is 4.90 Å². The van der Waals surface area contributed by atoms with Gasteiger partial charge in [0.15, 0.2) is 5.82 Å². The van der Waals surface area contributed by atoms with Gasteiger partial charge in [-0.15, -0.1) is 0 Å². The predicted molar refractivity (Wildman–Crippen MR) is 87.2 cm³/mol. The number of nitrogens with two attached hydrogens (primary N) is 1. The lowest BCUT2D eigenvalue weighted by atomic mass is 10.2. The van der Waals surface area contributed by atoms with E-state index in [9.17, 15) is 0 Å². The molecule has 8 heteroatoms. The highest BCUT2D eigenvalue weighted by molar-refractivity contribution is 5.46. The van der Waals surface area contributed by atoms with Gasteiger partial charge in [0.2, 0.25) is 5.89 Å². The molecule has 2 aromatic heterocycles. The van der Waals surface area contributed by atoms with E-state index in [-0.39, 0.29) is 0 Å². The highest BCUT2D eigenvalue weighted by atomic mass is 16.5. The Morgan fingerprint density at radius 2 is 2.00 bits per heavy atom. The molecule has 0 spiro atoms. The number of rotatable bonds is 5. The Morgan fingerprint density at radius 3 is 2.65 bits per heavy atom. The van der Waals surface area contributed by atoms with Gasteiger partial charge in [0.05, 0.1) is 0 Å². The molecule has 8 nitrogen and oxygen atoms in total. The number of aromatic nitrogens is 4. The number of hydrogen-bond acceptors (Lipinski definition) is 8. The van der Waals surface area contributed by atoms with Gasteiger partial charge in [0.25, 0.3) is 0 Å². The minimum atomic E-state index is 0.302. The number of piperazine rings is 1. The fourth-order valence-corrected chi connectivity index (χ4v) is 2.59. The third kappa shape index (κ3) is 3.95. The molecule has 0 unspecified atom stereocenters. The lowest BCUT2D eigenvalue weighted by Crippen LogP contribution is -2.47. The van der Waals surface area contributed by atoms with Crippen LogP contribution in [0.25, 0.3) is 0 Å². The van der Waals surface area contributed by atoms with E-state index in [4.69, 9.17) is 10.3 Å². The first-order chi connectivity index (χ1) is 11.1. The van der Waals surface area contributed by atoms with Crippen molar-refractivity contribution in [2.75, 3.05) is 43.4 Å². The third-order valence-corrected chi connectivity index (χ3v) is 4.01. The van der Waals surface area contributed by atoms with Gasteiger partial charge in [0.1, 0.15) is 18.0 Å². The van der Waals surface area contributed by atoms with Crippen molar-refractivity contribution in [3.63, 3.8) is 0 Å². The third-order valence-electron chi connectivity index (χ3n) is 4.01. The Balaban J connectivity index is 1.47. The molecule has 1 aliphatic rings. The summed E-state index contributed by atoms with van der Waals surface area (Å²) in [5.74, 6) is 3.22. The molecule has 23 heavy (non-hydrogen) atoms. The van der Waals surface area contributed by atoms with E-state index in [1.807, 2.05) is 6.07 Å². The average Bonchev–Trinajstić information content (AvgIpc) is 3.03. The Hall–Kier alpha value is -2.22. The summed E-state index contributed by atoms with van der Waals surface area (Å²) in [5.41, 5.74) is 5.72. The number of anilines is 2. The van der Waals surface area contributed by atoms with Crippen molar-refractivity contribution in [2.24, 2.45) is 0 Å². The molecule has 0 atom stereocenters. The summed E-state index contributed by atoms with van der Waals surface area (Å²) in [4.78, 5) is 17.3. The van der Waals surface area contributed by atoms with Crippen molar-refractivity contribution in [2.45, 2.75) is 26.2 Å². The molecule has 0 radical (unpaired) electrons. The van der Waals surface area contributed by atoms with Crippen LogP contribution in [0.4, 0.5) is 11.6 Å². The first kappa shape index (κ1) is 15.7. The van der Waals surface area contributed by atoms with Crippen LogP contribution in [-0.2, 0) is 6.42 Å². The summed E-state index contributed by atoms with van der Waals surface area (Å²) in [5, 5.41) is 4.00. The van der Waals surface area contributed by atoms with Crippen LogP contribution in [0.15, 0.2) is 16.9 Å². The maximum atomic E-state index is 5.72. The van der Waals surface area contributed by atoms with Crippen molar-refractivity contribution >= 4 is 11.6 Å². The monoisotopic (exact) mass is 317 g/mol. The van der Waals surface area contributed by atoms with E-state index in [0.29, 0.717) is 11.7 Å². The molecule has 0 saturated carbocycles. The van der Waals surface area contributed by atoms with Gasteiger partial charge in [-0.25, -0.2) is 9.97 Å². The van der Waals surface area contributed by atoms with E-state index >= 15 is 0 Å². The van der Waals surface area contributed by atoms with E-state index in [1.165, 1.54) is 6.33 Å². The molecule has 1 fully saturated rings. The zero-order chi connectivity index (χ0) is 16.2. The molecule has 1 aliphatic heterocycles. The summed E-state index contributed by atoms with van der Waals surface area (Å²) in [7, 11) is 0. The standard InChI is InChI=1S/C15H23N7O/c1-11(2)15-19-14(23-20-15)3-4-21-5-7-22(8-6-21)13-9-12(16)17-10-18-13/h9-11H,3-8H2,1-2H3,(H2,16,17,18). The Labute approximate surface area is 135 Å². The highest BCUT2D eigenvalue weighted by Gasteiger charge is 2.19. The normalized spacial score (nSPS) is 16.2. The van der Waals surface area contributed by atoms with Crippen LogP contribution >= 0.6 is 0 Å². The minimum absolute atomic E-state index is 0.302. The van der Waals surface area contributed by atoms with Gasteiger partial charge < -0.3 is 15.2 Å². The zero-order valence-corrected chi connectivity index (χ0v) is 13.6. The fraction of sp³-hybridized carbons (Fsp3) is 0.600. The van der Waals surface area contributed by atoms with Crippen molar-refractivity contribution < 1.29 is 4.52 Å². The topological polar surface area (TPSA) is 97.2 Å². The summed E-state index contributed by atoms with van der Waals surface area (Å²) in [6, 6.07) is 1.82. The molecular weight excluding hydrogens is 294 g/mol. The van der Waals surface area contributed by atoms with Gasteiger partial charge in [0, 0.05) is 51.1 Å². The molecule has 124 valence electrons. The molecule has 0 amide bonds. The van der Waals surface area contributed by atoms with Crippen LogP contribution in [0.1, 0.15) is 31.5 Å². The second-order valence-corrected chi connectivity index (χ2v) is 6.08. The maximum Gasteiger partial charge on any atom is 0.227 e. The van der Waals surface area contributed by atoms with E-state index in [0.717, 1.165) is 56.7 Å². The molecule has 3 heterocycles. The maximum absolute atomic E-state index is 5.72. The van der Waals surface area contributed by atoms with Crippen LogP contribution in [0.2, 0.25) is 0 Å². The van der Waals surface area contributed by atoms with E-state index in [2.05, 4.69) is 43.8 Å². The van der Waals surface area contributed by atoms with Gasteiger partial charge in [-0.2, -0.15) is 4.98 Å². The second kappa shape index (κ2) is 6.91. The van der Waals surface area contributed by atoms with Crippen molar-refractivity contribution in [3.05, 3.63) is 24.1 Å². The largest absolute Gasteiger partial charge is 0.384 e. The molecule has 2 N–H and O–H groups in total. The van der Waals surface area contributed by atoms with Crippen molar-refractivity contribution in [1.82, 2.24) is 25.0 Å². The molecule has 3 rings (SSSR count). The SMILES string of the molecule is CC(C)c1noc(CCN2CCN(c3cc(N)ncn3)CC2)n1. The van der Waals surface area contributed by atoms with Crippen LogP contribution in [0.3, 0.4) is 0 Å². The van der Waals surface area contributed by atoms with E-state index in [1.54, 1.807) is 0 Å². The number of nitrogens with zero attached hydrogens (tertiary/aromatic N) is 6. The zero-order valence-electron chi connectivity index (χ0n) is 13.6. The van der Waals surface area contributed by atoms with Crippen LogP contribution < -0.4 is 10.6 Å². The van der Waals surface area contributed by atoms with Gasteiger partial charge >= 0.3 is 0 Å². The Morgan fingerprint density at radius 1 is 1.22 bits per heavy atom. The second-order valence-electron chi connectivity index (χ2n) is 6.08. The highest BCUT2D eigenvalue weighted by Crippen LogP contribution is 2.15. The van der Waals surface area contributed by atoms with E-state index < -0.39 is 0 Å². The summed E-state index contributed by atoms with van der Waals surface area (Å²) >= 11 is 0. The first-order valence-corrected chi connectivity index (χ1v) is 7.99. The molecular formula is C15H23N7O. The quantitative estimate of drug-likeness (QED) is 0.870. The lowest BCUT2D eigenvalue weighted by molar-refractivity contribution is 0.248. The summed E-state index contributed by atoms with van der Waals surface area (Å²) in [6.07, 6.45) is 2.30. The molecule has 0 bridgehead atoms. The fourth-order valence-electron chi connectivity index (χ4n) is 2.59. The smallest absolute Gasteiger partial charge is 0.227 e. The summed E-state index contributed by atoms with van der Waals surface area (Å²) in [6.45, 7) is 8.88. The first-order valence-electron chi connectivity index (χ1n) is 7.99. The minimum Gasteiger partial charge on any atom is -0.384 e. The molecule has 0 aliphatic carbocycles. The van der Waals surface area contributed by atoms with Gasteiger partial charge in [-0.05, 0) is 0 Å². The number of nitrogen functional groups attached to an aromatic ring is 1. The van der Waals surface area contributed by atoms with Crippen LogP contribution in [0.5, 0.6) is 0 Å². The van der Waals surface area contributed by atoms with Crippen molar-refractivity contribution in [1.29, 1.82) is 0 Å². The average molecular weight is 317 g/mol. The Kier molecular flexibility index (Phi) is 4.71. The molecule has 1 saturated heterocycles. The molecule has 2 aromatic rings. The Bertz CT molecular complexity index is 634. The van der Waals surface area contributed by atoms with Crippen molar-refractivity contribution in [3.8, 4) is 0 Å². The number of hydrogen-bond donors (Lipinski definition) is 1. The van der Waals surface area contributed by atoms with Crippen LogP contribution in [0, 0.1) is 0 Å². The predicted octanol–water partition coefficient (Wildman–Crippen LogP) is 0.930. The summed E-state index contributed by atoms with van der Waals surface area (Å²) < 4.78 is 5.29. The lowest BCUT2D eigenvalue weighted by Gasteiger charge is -2.35. The van der Waals surface area contributed by atoms with Crippen LogP contribution in [-0.4, -0.2) is 57.7 Å².